The van der Waals surface area contributed by atoms with Gasteiger partial charge in [0.15, 0.2) is 6.10 Å². The number of imidazole rings is 1. The smallest absolute Gasteiger partial charge is 0.341 e. The molecular weight excluding hydrogens is 336 g/mol. The molecule has 0 spiro atoms. The summed E-state index contributed by atoms with van der Waals surface area (Å²) in [5, 5.41) is 2.64. The Hall–Kier alpha value is -3.55. The van der Waals surface area contributed by atoms with Crippen LogP contribution in [0.2, 0.25) is 0 Å². The summed E-state index contributed by atoms with van der Waals surface area (Å²) in [5.41, 5.74) is 8.50. The average molecular weight is 354 g/mol. The molecule has 0 saturated carbocycles. The van der Waals surface area contributed by atoms with Crippen LogP contribution in [0.25, 0.3) is 11.0 Å². The maximum atomic E-state index is 12.3. The first kappa shape index (κ1) is 17.3. The monoisotopic (exact) mass is 354 g/mol. The fourth-order valence-electron chi connectivity index (χ4n) is 2.49. The number of anilines is 2. The minimum absolute atomic E-state index is 0.218. The zero-order valence-corrected chi connectivity index (χ0v) is 14.3. The number of aryl methyl sites for hydroxylation is 1. The molecule has 0 aliphatic heterocycles. The van der Waals surface area contributed by atoms with Crippen molar-refractivity contribution in [1.29, 1.82) is 0 Å². The highest BCUT2D eigenvalue weighted by Crippen LogP contribution is 2.19. The first-order valence-electron chi connectivity index (χ1n) is 7.94. The molecule has 3 aromatic rings. The molecule has 1 aromatic heterocycles. The normalized spacial score (nSPS) is 11.9. The molecule has 1 amide bonds. The number of carbonyl (C=O) groups excluding carboxylic acids is 2. The molecule has 0 radical (unpaired) electrons. The van der Waals surface area contributed by atoms with E-state index in [0.717, 1.165) is 5.56 Å². The van der Waals surface area contributed by atoms with Crippen molar-refractivity contribution >= 4 is 34.3 Å². The maximum absolute atomic E-state index is 12.3. The van der Waals surface area contributed by atoms with Gasteiger partial charge in [-0.15, -0.1) is 0 Å². The van der Waals surface area contributed by atoms with Crippen LogP contribution in [0.1, 0.15) is 22.8 Å². The summed E-state index contributed by atoms with van der Waals surface area (Å²) in [6.07, 6.45) is -1.02. The van der Waals surface area contributed by atoms with E-state index in [0.29, 0.717) is 22.4 Å². The average Bonchev–Trinajstić information content (AvgIpc) is 2.96. The number of benzene rings is 2. The molecule has 0 bridgehead atoms. The minimum atomic E-state index is -1.02. The van der Waals surface area contributed by atoms with Crippen LogP contribution in [0.15, 0.2) is 41.2 Å². The second-order valence-corrected chi connectivity index (χ2v) is 5.91. The number of nitrogen functional groups attached to an aromatic ring is 1. The summed E-state index contributed by atoms with van der Waals surface area (Å²) in [4.78, 5) is 41.0. The van der Waals surface area contributed by atoms with Crippen molar-refractivity contribution < 1.29 is 14.3 Å². The lowest BCUT2D eigenvalue weighted by atomic mass is 10.1. The number of hydrogen-bond donors (Lipinski definition) is 4. The predicted molar refractivity (Wildman–Crippen MR) is 98.0 cm³/mol. The molecule has 8 nitrogen and oxygen atoms in total. The molecule has 0 aliphatic carbocycles. The van der Waals surface area contributed by atoms with Gasteiger partial charge in [0.25, 0.3) is 5.91 Å². The van der Waals surface area contributed by atoms with Gasteiger partial charge in [-0.1, -0.05) is 12.1 Å². The van der Waals surface area contributed by atoms with E-state index in [1.54, 1.807) is 43.3 Å². The SMILES string of the molecule is Cc1cccc(C(=O)O[C@@H](C)C(=O)Nc2ccc3[nH]c(=O)[nH]c3c2)c1N. The summed E-state index contributed by atoms with van der Waals surface area (Å²) in [6, 6.07) is 9.93. The summed E-state index contributed by atoms with van der Waals surface area (Å²) >= 11 is 0. The number of rotatable bonds is 4. The number of aromatic amines is 2. The zero-order valence-electron chi connectivity index (χ0n) is 14.3. The Morgan fingerprint density at radius 2 is 1.88 bits per heavy atom. The van der Waals surface area contributed by atoms with Gasteiger partial charge in [0.2, 0.25) is 0 Å². The van der Waals surface area contributed by atoms with Gasteiger partial charge in [-0.05, 0) is 43.7 Å². The fraction of sp³-hybridized carbons (Fsp3) is 0.167. The molecule has 1 heterocycles. The van der Waals surface area contributed by atoms with E-state index >= 15 is 0 Å². The van der Waals surface area contributed by atoms with Crippen molar-refractivity contribution in [1.82, 2.24) is 9.97 Å². The van der Waals surface area contributed by atoms with Crippen LogP contribution in [-0.2, 0) is 9.53 Å². The van der Waals surface area contributed by atoms with Crippen LogP contribution in [0.4, 0.5) is 11.4 Å². The first-order valence-corrected chi connectivity index (χ1v) is 7.94. The predicted octanol–water partition coefficient (Wildman–Crippen LogP) is 1.93. The van der Waals surface area contributed by atoms with Crippen molar-refractivity contribution in [3.8, 4) is 0 Å². The molecule has 0 saturated heterocycles. The quantitative estimate of drug-likeness (QED) is 0.420. The summed E-state index contributed by atoms with van der Waals surface area (Å²) < 4.78 is 5.20. The molecule has 0 unspecified atom stereocenters. The van der Waals surface area contributed by atoms with Gasteiger partial charge in [-0.25, -0.2) is 9.59 Å². The Kier molecular flexibility index (Phi) is 4.49. The van der Waals surface area contributed by atoms with Gasteiger partial charge in [0.1, 0.15) is 0 Å². The van der Waals surface area contributed by atoms with Crippen molar-refractivity contribution in [3.63, 3.8) is 0 Å². The van der Waals surface area contributed by atoms with E-state index in [2.05, 4.69) is 15.3 Å². The number of esters is 1. The third kappa shape index (κ3) is 3.44. The highest BCUT2D eigenvalue weighted by Gasteiger charge is 2.21. The number of fused-ring (bicyclic) bond motifs is 1. The largest absolute Gasteiger partial charge is 0.449 e. The Morgan fingerprint density at radius 1 is 1.15 bits per heavy atom. The number of H-pyrrole nitrogens is 2. The first-order chi connectivity index (χ1) is 12.3. The lowest BCUT2D eigenvalue weighted by Crippen LogP contribution is -2.30. The van der Waals surface area contributed by atoms with Gasteiger partial charge in [-0.3, -0.25) is 4.79 Å². The van der Waals surface area contributed by atoms with Crippen LogP contribution >= 0.6 is 0 Å². The van der Waals surface area contributed by atoms with Crippen molar-refractivity contribution in [2.24, 2.45) is 0 Å². The topological polar surface area (TPSA) is 130 Å². The molecule has 0 aliphatic rings. The molecule has 26 heavy (non-hydrogen) atoms. The second kappa shape index (κ2) is 6.75. The van der Waals surface area contributed by atoms with Gasteiger partial charge in [0, 0.05) is 11.4 Å². The fourth-order valence-corrected chi connectivity index (χ4v) is 2.49. The lowest BCUT2D eigenvalue weighted by Gasteiger charge is -2.15. The van der Waals surface area contributed by atoms with Gasteiger partial charge >= 0.3 is 11.7 Å². The third-order valence-corrected chi connectivity index (χ3v) is 3.98. The van der Waals surface area contributed by atoms with Crippen molar-refractivity contribution in [2.75, 3.05) is 11.1 Å². The van der Waals surface area contributed by atoms with Crippen LogP contribution in [-0.4, -0.2) is 27.9 Å². The molecule has 1 atom stereocenters. The zero-order chi connectivity index (χ0) is 18.8. The molecule has 134 valence electrons. The highest BCUT2D eigenvalue weighted by molar-refractivity contribution is 6.00. The number of amides is 1. The summed E-state index contributed by atoms with van der Waals surface area (Å²) in [5.74, 6) is -1.17. The number of carbonyl (C=O) groups is 2. The highest BCUT2D eigenvalue weighted by atomic mass is 16.5. The third-order valence-electron chi connectivity index (χ3n) is 3.98. The standard InChI is InChI=1S/C18H18N4O4/c1-9-4-3-5-12(15(9)19)17(24)26-10(2)16(23)20-11-6-7-13-14(8-11)22-18(25)21-13/h3-8,10H,19H2,1-2H3,(H,20,23)(H2,21,22,25)/t10-/m0/s1. The Balaban J connectivity index is 1.69. The maximum Gasteiger partial charge on any atom is 0.341 e. The van der Waals surface area contributed by atoms with Crippen molar-refractivity contribution in [2.45, 2.75) is 20.0 Å². The van der Waals surface area contributed by atoms with E-state index < -0.39 is 18.0 Å². The number of aromatic nitrogens is 2. The minimum Gasteiger partial charge on any atom is -0.449 e. The Morgan fingerprint density at radius 3 is 2.65 bits per heavy atom. The van der Waals surface area contributed by atoms with Gasteiger partial charge in [-0.2, -0.15) is 0 Å². The van der Waals surface area contributed by atoms with Crippen LogP contribution in [0.5, 0.6) is 0 Å². The number of para-hydroxylation sites is 1. The number of ether oxygens (including phenoxy) is 1. The molecular formula is C18H18N4O4. The number of nitrogens with one attached hydrogen (secondary N) is 3. The Labute approximate surface area is 148 Å². The summed E-state index contributed by atoms with van der Waals surface area (Å²) in [6.45, 7) is 3.25. The molecule has 0 fully saturated rings. The van der Waals surface area contributed by atoms with E-state index in [-0.39, 0.29) is 11.3 Å². The van der Waals surface area contributed by atoms with Crippen LogP contribution < -0.4 is 16.7 Å². The van der Waals surface area contributed by atoms with Crippen LogP contribution in [0, 0.1) is 6.92 Å². The molecule has 5 N–H and O–H groups in total. The van der Waals surface area contributed by atoms with E-state index in [1.807, 2.05) is 0 Å². The number of hydrogen-bond acceptors (Lipinski definition) is 5. The summed E-state index contributed by atoms with van der Waals surface area (Å²) in [7, 11) is 0. The number of nitrogens with two attached hydrogens (primary N) is 1. The van der Waals surface area contributed by atoms with Crippen molar-refractivity contribution in [3.05, 3.63) is 58.0 Å². The van der Waals surface area contributed by atoms with E-state index in [1.165, 1.54) is 6.92 Å². The van der Waals surface area contributed by atoms with E-state index in [4.69, 9.17) is 10.5 Å². The van der Waals surface area contributed by atoms with E-state index in [9.17, 15) is 14.4 Å². The molecule has 2 aromatic carbocycles. The Bertz CT molecular complexity index is 1050. The second-order valence-electron chi connectivity index (χ2n) is 5.91. The molecule has 8 heteroatoms. The van der Waals surface area contributed by atoms with Gasteiger partial charge < -0.3 is 25.8 Å². The molecule has 3 rings (SSSR count). The van der Waals surface area contributed by atoms with Gasteiger partial charge in [0.05, 0.1) is 16.6 Å². The lowest BCUT2D eigenvalue weighted by molar-refractivity contribution is -0.123. The van der Waals surface area contributed by atoms with Crippen LogP contribution in [0.3, 0.4) is 0 Å².